The summed E-state index contributed by atoms with van der Waals surface area (Å²) in [5.74, 6) is 0.167. The van der Waals surface area contributed by atoms with Crippen LogP contribution in [0, 0.1) is 0 Å². The van der Waals surface area contributed by atoms with E-state index in [1.54, 1.807) is 0 Å². The predicted octanol–water partition coefficient (Wildman–Crippen LogP) is 6.55. The molecule has 0 aromatic heterocycles. The molecule has 24 heavy (non-hydrogen) atoms. The first kappa shape index (κ1) is 21.2. The average Bonchev–Trinajstić information content (AvgIpc) is 2.60. The maximum atomic E-state index is 12.1. The van der Waals surface area contributed by atoms with E-state index in [9.17, 15) is 4.79 Å². The molecule has 1 nitrogen and oxygen atoms in total. The summed E-state index contributed by atoms with van der Waals surface area (Å²) in [4.78, 5) is 12.1. The molecule has 1 rings (SSSR count). The van der Waals surface area contributed by atoms with Gasteiger partial charge in [0.2, 0.25) is 0 Å². The molecule has 1 aromatic carbocycles. The second-order valence-corrected chi connectivity index (χ2v) is 10.1. The van der Waals surface area contributed by atoms with E-state index in [2.05, 4.69) is 13.8 Å². The number of rotatable bonds is 14. The SMILES string of the molecule is CCCCCCCCCCCC[AsH]C(C)=CC(=O)c1ccccc1. The van der Waals surface area contributed by atoms with Crippen molar-refractivity contribution in [1.29, 1.82) is 0 Å². The minimum atomic E-state index is -0.0976. The van der Waals surface area contributed by atoms with Gasteiger partial charge >= 0.3 is 156 Å². The third-order valence-electron chi connectivity index (χ3n) is 4.34. The zero-order valence-electron chi connectivity index (χ0n) is 15.7. The summed E-state index contributed by atoms with van der Waals surface area (Å²) < 4.78 is 1.33. The van der Waals surface area contributed by atoms with Crippen LogP contribution in [-0.2, 0) is 0 Å². The summed E-state index contributed by atoms with van der Waals surface area (Å²) in [5.41, 5.74) is 0.808. The van der Waals surface area contributed by atoms with Crippen molar-refractivity contribution in [2.24, 2.45) is 0 Å². The second kappa shape index (κ2) is 14.5. The van der Waals surface area contributed by atoms with Crippen molar-refractivity contribution in [2.45, 2.75) is 83.3 Å². The Morgan fingerprint density at radius 3 is 2.00 bits per heavy atom. The molecule has 0 aliphatic carbocycles. The van der Waals surface area contributed by atoms with Crippen LogP contribution in [0.2, 0.25) is 5.21 Å². The van der Waals surface area contributed by atoms with Gasteiger partial charge in [0.05, 0.1) is 0 Å². The molecule has 0 N–H and O–H groups in total. The van der Waals surface area contributed by atoms with E-state index < -0.39 is 0 Å². The number of hydrogen-bond donors (Lipinski definition) is 0. The molecule has 0 aliphatic heterocycles. The molecular weight excluding hydrogens is 355 g/mol. The van der Waals surface area contributed by atoms with E-state index in [0.29, 0.717) is 0 Å². The normalized spacial score (nSPS) is 12.2. The Kier molecular flexibility index (Phi) is 12.8. The van der Waals surface area contributed by atoms with E-state index >= 15 is 0 Å². The number of ketones is 1. The Bertz CT molecular complexity index is 464. The fourth-order valence-corrected chi connectivity index (χ4v) is 5.04. The van der Waals surface area contributed by atoms with Gasteiger partial charge in [-0.05, 0) is 0 Å². The summed E-state index contributed by atoms with van der Waals surface area (Å²) in [7, 11) is 0. The fraction of sp³-hybridized carbons (Fsp3) is 0.591. The van der Waals surface area contributed by atoms with Crippen LogP contribution in [0.5, 0.6) is 0 Å². The minimum absolute atomic E-state index is 0.0976. The van der Waals surface area contributed by atoms with Crippen LogP contribution in [0.15, 0.2) is 40.8 Å². The molecule has 134 valence electrons. The second-order valence-electron chi connectivity index (χ2n) is 6.67. The Morgan fingerprint density at radius 1 is 0.875 bits per heavy atom. The number of benzene rings is 1. The maximum absolute atomic E-state index is 12.1. The first-order valence-corrected chi connectivity index (χ1v) is 12.3. The van der Waals surface area contributed by atoms with Gasteiger partial charge < -0.3 is 0 Å². The molecular formula is C22H35AsO. The van der Waals surface area contributed by atoms with Gasteiger partial charge in [0.15, 0.2) is 0 Å². The third kappa shape index (κ3) is 10.9. The molecule has 1 unspecified atom stereocenters. The molecule has 1 atom stereocenters. The summed E-state index contributed by atoms with van der Waals surface area (Å²) in [6.07, 6.45) is 15.8. The zero-order valence-corrected chi connectivity index (χ0v) is 17.7. The van der Waals surface area contributed by atoms with E-state index in [4.69, 9.17) is 0 Å². The third-order valence-corrected chi connectivity index (χ3v) is 7.08. The van der Waals surface area contributed by atoms with Crippen molar-refractivity contribution in [3.63, 3.8) is 0 Å². The molecule has 0 bridgehead atoms. The van der Waals surface area contributed by atoms with Crippen molar-refractivity contribution in [3.8, 4) is 0 Å². The van der Waals surface area contributed by atoms with Gasteiger partial charge in [-0.1, -0.05) is 0 Å². The van der Waals surface area contributed by atoms with Crippen molar-refractivity contribution in [2.75, 3.05) is 0 Å². The van der Waals surface area contributed by atoms with Crippen LogP contribution in [0.1, 0.15) is 88.4 Å². The van der Waals surface area contributed by atoms with Gasteiger partial charge in [0.1, 0.15) is 0 Å². The molecule has 0 saturated carbocycles. The van der Waals surface area contributed by atoms with Crippen LogP contribution < -0.4 is 0 Å². The summed E-state index contributed by atoms with van der Waals surface area (Å²) in [6, 6.07) is 9.60. The van der Waals surface area contributed by atoms with Gasteiger partial charge in [-0.3, -0.25) is 0 Å². The van der Waals surface area contributed by atoms with Gasteiger partial charge in [-0.25, -0.2) is 0 Å². The summed E-state index contributed by atoms with van der Waals surface area (Å²) >= 11 is -0.0976. The quantitative estimate of drug-likeness (QED) is 0.152. The molecule has 0 fully saturated rings. The molecule has 0 saturated heterocycles. The van der Waals surface area contributed by atoms with Gasteiger partial charge in [0.25, 0.3) is 0 Å². The van der Waals surface area contributed by atoms with Gasteiger partial charge in [-0.2, -0.15) is 0 Å². The average molecular weight is 390 g/mol. The number of carbonyl (C=O) groups excluding carboxylic acids is 1. The van der Waals surface area contributed by atoms with Crippen LogP contribution in [0.3, 0.4) is 0 Å². The van der Waals surface area contributed by atoms with Crippen LogP contribution in [0.4, 0.5) is 0 Å². The molecule has 0 radical (unpaired) electrons. The summed E-state index contributed by atoms with van der Waals surface area (Å²) in [5, 5.41) is 1.33. The topological polar surface area (TPSA) is 17.1 Å². The van der Waals surface area contributed by atoms with Crippen LogP contribution >= 0.6 is 0 Å². The number of unbranched alkanes of at least 4 members (excludes halogenated alkanes) is 9. The standard InChI is InChI=1S/C22H35AsO/c1-3-4-5-6-7-8-9-10-11-15-18-23-20(2)19-22(24)21-16-13-12-14-17-21/h12-14,16-17,19,23H,3-11,15,18H2,1-2H3. The first-order chi connectivity index (χ1) is 11.7. The monoisotopic (exact) mass is 390 g/mol. The van der Waals surface area contributed by atoms with Crippen LogP contribution in [0.25, 0.3) is 0 Å². The molecule has 0 amide bonds. The Balaban J connectivity index is 2.00. The van der Waals surface area contributed by atoms with Crippen molar-refractivity contribution >= 4 is 21.5 Å². The molecule has 2 heteroatoms. The van der Waals surface area contributed by atoms with Gasteiger partial charge in [-0.15, -0.1) is 0 Å². The Morgan fingerprint density at radius 2 is 1.42 bits per heavy atom. The molecule has 0 spiro atoms. The molecule has 0 aliphatic rings. The Labute approximate surface area is 156 Å². The number of hydrogen-bond acceptors (Lipinski definition) is 1. The number of carbonyl (C=O) groups is 1. The predicted molar refractivity (Wildman–Crippen MR) is 108 cm³/mol. The van der Waals surface area contributed by atoms with Crippen molar-refractivity contribution in [1.82, 2.24) is 0 Å². The van der Waals surface area contributed by atoms with Crippen molar-refractivity contribution in [3.05, 3.63) is 46.3 Å². The van der Waals surface area contributed by atoms with Gasteiger partial charge in [0, 0.05) is 0 Å². The van der Waals surface area contributed by atoms with Crippen LogP contribution in [-0.4, -0.2) is 21.5 Å². The van der Waals surface area contributed by atoms with E-state index in [1.165, 1.54) is 73.8 Å². The number of allylic oxidation sites excluding steroid dienone is 2. The van der Waals surface area contributed by atoms with Crippen molar-refractivity contribution < 1.29 is 4.79 Å². The molecule has 1 aromatic rings. The molecule has 0 heterocycles. The zero-order chi connectivity index (χ0) is 17.5. The van der Waals surface area contributed by atoms with E-state index in [1.807, 2.05) is 36.4 Å². The van der Waals surface area contributed by atoms with E-state index in [0.717, 1.165) is 5.56 Å². The first-order valence-electron chi connectivity index (χ1n) is 9.75. The fourth-order valence-electron chi connectivity index (χ4n) is 2.83. The summed E-state index contributed by atoms with van der Waals surface area (Å²) in [6.45, 7) is 4.41. The Hall–Kier alpha value is -0.812. The van der Waals surface area contributed by atoms with E-state index in [-0.39, 0.29) is 21.5 Å².